The molecule has 3 aromatic rings. The van der Waals surface area contributed by atoms with E-state index >= 15 is 0 Å². The highest BCUT2D eigenvalue weighted by molar-refractivity contribution is 6.21. The minimum Gasteiger partial charge on any atom is -0.248 e. The molecule has 5 nitrogen and oxygen atoms in total. The molecule has 0 fully saturated rings. The summed E-state index contributed by atoms with van der Waals surface area (Å²) in [6.07, 6.45) is 1.38. The van der Waals surface area contributed by atoms with Gasteiger partial charge in [-0.05, 0) is 36.4 Å². The van der Waals surface area contributed by atoms with Gasteiger partial charge < -0.3 is 0 Å². The highest BCUT2D eigenvalue weighted by Gasteiger charge is 2.48. The van der Waals surface area contributed by atoms with Gasteiger partial charge in [-0.1, -0.05) is 12.1 Å². The van der Waals surface area contributed by atoms with Gasteiger partial charge in [0.25, 0.3) is 0 Å². The van der Waals surface area contributed by atoms with Gasteiger partial charge in [-0.25, -0.2) is 14.2 Å². The Labute approximate surface area is 124 Å². The Hall–Kier alpha value is -3.15. The van der Waals surface area contributed by atoms with E-state index in [0.29, 0.717) is 16.7 Å². The molecule has 22 heavy (non-hydrogen) atoms. The molecule has 1 aliphatic heterocycles. The number of carbonyl (C=O) groups is 2. The molecule has 0 N–H and O–H groups in total. The van der Waals surface area contributed by atoms with Crippen molar-refractivity contribution in [1.29, 1.82) is 0 Å². The van der Waals surface area contributed by atoms with Crippen LogP contribution in [0.3, 0.4) is 0 Å². The zero-order valence-corrected chi connectivity index (χ0v) is 11.2. The molecule has 1 aromatic heterocycles. The minimum atomic E-state index is -0.495. The third kappa shape index (κ3) is 1.64. The predicted molar refractivity (Wildman–Crippen MR) is 75.9 cm³/mol. The number of imide groups is 1. The monoisotopic (exact) mass is 294 g/mol. The standard InChI is InChI=1S/C16H9FN3O2/c17-10-5-7-11(8-6-10)19-15(21)14-9-18-12-3-1-2-4-13(12)20(14)16(19)22/h1-9H/q+1. The molecule has 2 amide bonds. The number of carbonyl (C=O) groups excluding carboxylic acids is 2. The quantitative estimate of drug-likeness (QED) is 0.647. The maximum absolute atomic E-state index is 13.0. The van der Waals surface area contributed by atoms with Crippen LogP contribution < -0.4 is 9.47 Å². The molecule has 2 aromatic carbocycles. The van der Waals surface area contributed by atoms with E-state index < -0.39 is 17.8 Å². The number of hydrogen-bond donors (Lipinski definition) is 0. The molecule has 1 aliphatic rings. The number of rotatable bonds is 1. The van der Waals surface area contributed by atoms with Crippen LogP contribution in [-0.4, -0.2) is 16.9 Å². The van der Waals surface area contributed by atoms with Crippen LogP contribution in [0.5, 0.6) is 0 Å². The van der Waals surface area contributed by atoms with Gasteiger partial charge in [-0.2, -0.15) is 4.79 Å². The van der Waals surface area contributed by atoms with Gasteiger partial charge in [-0.15, -0.1) is 9.47 Å². The smallest absolute Gasteiger partial charge is 0.248 e. The number of fused-ring (bicyclic) bond motifs is 3. The fourth-order valence-corrected chi connectivity index (χ4v) is 2.56. The molecule has 0 radical (unpaired) electrons. The lowest BCUT2D eigenvalue weighted by atomic mass is 10.2. The largest absolute Gasteiger partial charge is 0.512 e. The van der Waals surface area contributed by atoms with Crippen LogP contribution in [0, 0.1) is 5.82 Å². The lowest BCUT2D eigenvalue weighted by molar-refractivity contribution is -0.537. The van der Waals surface area contributed by atoms with E-state index in [-0.39, 0.29) is 5.69 Å². The summed E-state index contributed by atoms with van der Waals surface area (Å²) >= 11 is 0. The van der Waals surface area contributed by atoms with Gasteiger partial charge in [0, 0.05) is 0 Å². The van der Waals surface area contributed by atoms with Crippen molar-refractivity contribution in [1.82, 2.24) is 4.98 Å². The average Bonchev–Trinajstić information content (AvgIpc) is 2.80. The molecule has 0 saturated carbocycles. The molecule has 0 spiro atoms. The Kier molecular flexibility index (Phi) is 2.53. The summed E-state index contributed by atoms with van der Waals surface area (Å²) < 4.78 is 14.4. The molecule has 106 valence electrons. The third-order valence-corrected chi connectivity index (χ3v) is 3.58. The maximum Gasteiger partial charge on any atom is 0.512 e. The normalized spacial score (nSPS) is 13.8. The van der Waals surface area contributed by atoms with Gasteiger partial charge in [0.15, 0.2) is 5.52 Å². The van der Waals surface area contributed by atoms with Gasteiger partial charge in [0.2, 0.25) is 5.69 Å². The molecular weight excluding hydrogens is 285 g/mol. The summed E-state index contributed by atoms with van der Waals surface area (Å²) in [5, 5.41) is 0. The summed E-state index contributed by atoms with van der Waals surface area (Å²) in [6, 6.07) is 11.8. The zero-order chi connectivity index (χ0) is 15.3. The summed E-state index contributed by atoms with van der Waals surface area (Å²) in [7, 11) is 0. The topological polar surface area (TPSA) is 54.2 Å². The van der Waals surface area contributed by atoms with E-state index in [0.717, 1.165) is 4.90 Å². The Balaban J connectivity index is 1.93. The van der Waals surface area contributed by atoms with Gasteiger partial charge in [0.1, 0.15) is 17.0 Å². The summed E-state index contributed by atoms with van der Waals surface area (Å²) in [5.41, 5.74) is 1.69. The SMILES string of the molecule is O=C1c2cnc3ccccc3[n+]2C(=O)N1c1ccc(F)cc1. The van der Waals surface area contributed by atoms with Crippen LogP contribution in [-0.2, 0) is 0 Å². The average molecular weight is 294 g/mol. The van der Waals surface area contributed by atoms with Crippen molar-refractivity contribution in [2.24, 2.45) is 0 Å². The van der Waals surface area contributed by atoms with Crippen molar-refractivity contribution < 1.29 is 18.5 Å². The van der Waals surface area contributed by atoms with Crippen molar-refractivity contribution in [2.75, 3.05) is 4.90 Å². The summed E-state index contributed by atoms with van der Waals surface area (Å²) in [6.45, 7) is 0. The Morgan fingerprint density at radius 1 is 1.00 bits per heavy atom. The number of benzene rings is 2. The molecule has 6 heteroatoms. The second kappa shape index (κ2) is 4.42. The number of hydrogen-bond acceptors (Lipinski definition) is 3. The first-order valence-corrected chi connectivity index (χ1v) is 6.61. The second-order valence-corrected chi connectivity index (χ2v) is 4.87. The number of anilines is 1. The first kappa shape index (κ1) is 12.6. The highest BCUT2D eigenvalue weighted by atomic mass is 19.1. The van der Waals surface area contributed by atoms with E-state index in [1.807, 2.05) is 0 Å². The fraction of sp³-hybridized carbons (Fsp3) is 0. The van der Waals surface area contributed by atoms with Crippen LogP contribution in [0.15, 0.2) is 54.7 Å². The lowest BCUT2D eigenvalue weighted by Crippen LogP contribution is -2.46. The maximum atomic E-state index is 13.0. The van der Waals surface area contributed by atoms with Crippen molar-refractivity contribution >= 4 is 28.7 Å². The first-order valence-electron chi connectivity index (χ1n) is 6.61. The zero-order valence-electron chi connectivity index (χ0n) is 11.2. The molecular formula is C16H9FN3O2+. The number of nitrogens with zero attached hydrogens (tertiary/aromatic N) is 3. The summed E-state index contributed by atoms with van der Waals surface area (Å²) in [4.78, 5) is 30.4. The van der Waals surface area contributed by atoms with E-state index in [4.69, 9.17) is 0 Å². The van der Waals surface area contributed by atoms with Gasteiger partial charge in [0.05, 0.1) is 6.20 Å². The Bertz CT molecular complexity index is 938. The van der Waals surface area contributed by atoms with E-state index in [1.165, 1.54) is 35.0 Å². The van der Waals surface area contributed by atoms with E-state index in [2.05, 4.69) is 4.98 Å². The Morgan fingerprint density at radius 3 is 2.50 bits per heavy atom. The molecule has 0 saturated heterocycles. The van der Waals surface area contributed by atoms with Crippen molar-refractivity contribution in [2.45, 2.75) is 0 Å². The van der Waals surface area contributed by atoms with Crippen molar-refractivity contribution in [3.05, 3.63) is 66.2 Å². The van der Waals surface area contributed by atoms with Crippen LogP contribution in [0.2, 0.25) is 0 Å². The van der Waals surface area contributed by atoms with Gasteiger partial charge >= 0.3 is 11.9 Å². The molecule has 2 heterocycles. The second-order valence-electron chi connectivity index (χ2n) is 4.87. The Morgan fingerprint density at radius 2 is 1.73 bits per heavy atom. The van der Waals surface area contributed by atoms with Gasteiger partial charge in [-0.3, -0.25) is 0 Å². The number of amides is 2. The number of halogens is 1. The van der Waals surface area contributed by atoms with Crippen LogP contribution in [0.1, 0.15) is 10.5 Å². The lowest BCUT2D eigenvalue weighted by Gasteiger charge is -2.03. The minimum absolute atomic E-state index is 0.188. The number of aromatic nitrogens is 2. The van der Waals surface area contributed by atoms with E-state index in [9.17, 15) is 14.0 Å². The van der Waals surface area contributed by atoms with Crippen molar-refractivity contribution in [3.8, 4) is 0 Å². The highest BCUT2D eigenvalue weighted by Crippen LogP contribution is 2.22. The molecule has 0 unspecified atom stereocenters. The van der Waals surface area contributed by atoms with Crippen molar-refractivity contribution in [3.63, 3.8) is 0 Å². The molecule has 0 atom stereocenters. The predicted octanol–water partition coefficient (Wildman–Crippen LogP) is 2.29. The molecule has 4 rings (SSSR count). The molecule has 0 aliphatic carbocycles. The van der Waals surface area contributed by atoms with Crippen LogP contribution in [0.25, 0.3) is 11.0 Å². The fourth-order valence-electron chi connectivity index (χ4n) is 2.56. The third-order valence-electron chi connectivity index (χ3n) is 3.58. The first-order chi connectivity index (χ1) is 10.7. The van der Waals surface area contributed by atoms with E-state index in [1.54, 1.807) is 24.3 Å². The van der Waals surface area contributed by atoms with Crippen LogP contribution in [0.4, 0.5) is 14.9 Å². The number of para-hydroxylation sites is 2. The summed E-state index contributed by atoms with van der Waals surface area (Å²) in [5.74, 6) is -0.907. The van der Waals surface area contributed by atoms with Crippen LogP contribution >= 0.6 is 0 Å². The molecule has 0 bridgehead atoms.